The van der Waals surface area contributed by atoms with Crippen LogP contribution in [0.3, 0.4) is 0 Å². The number of hydrogen-bond donors (Lipinski definition) is 0. The minimum Gasteiger partial charge on any atom is -0.338 e. The van der Waals surface area contributed by atoms with E-state index in [0.29, 0.717) is 11.8 Å². The summed E-state index contributed by atoms with van der Waals surface area (Å²) in [6.07, 6.45) is 1.23. The van der Waals surface area contributed by atoms with Crippen molar-refractivity contribution < 1.29 is 4.79 Å². The average Bonchev–Trinajstić information content (AvgIpc) is 2.26. The third kappa shape index (κ3) is 2.74. The molecule has 1 saturated heterocycles. The number of aryl methyl sites for hydroxylation is 2. The summed E-state index contributed by atoms with van der Waals surface area (Å²) in [5.74, 6) is 1.43. The molecular formula is C16H23NO. The number of amides is 1. The van der Waals surface area contributed by atoms with Crippen molar-refractivity contribution in [1.82, 2.24) is 4.90 Å². The highest BCUT2D eigenvalue weighted by Crippen LogP contribution is 2.23. The number of carbonyl (C=O) groups is 1. The summed E-state index contributed by atoms with van der Waals surface area (Å²) in [6, 6.07) is 6.08. The Bertz CT molecular complexity index is 442. The molecule has 0 saturated carbocycles. The maximum atomic E-state index is 12.5. The van der Waals surface area contributed by atoms with Crippen LogP contribution in [0.1, 0.15) is 41.8 Å². The Morgan fingerprint density at radius 2 is 1.78 bits per heavy atom. The second kappa shape index (κ2) is 5.13. The van der Waals surface area contributed by atoms with Crippen molar-refractivity contribution in [3.05, 3.63) is 34.9 Å². The van der Waals surface area contributed by atoms with Crippen molar-refractivity contribution in [3.8, 4) is 0 Å². The van der Waals surface area contributed by atoms with Gasteiger partial charge in [-0.05, 0) is 43.7 Å². The van der Waals surface area contributed by atoms with Crippen LogP contribution in [0, 0.1) is 25.7 Å². The summed E-state index contributed by atoms with van der Waals surface area (Å²) in [7, 11) is 0. The molecule has 1 heterocycles. The number of piperidine rings is 1. The van der Waals surface area contributed by atoms with Gasteiger partial charge in [-0.25, -0.2) is 0 Å². The van der Waals surface area contributed by atoms with Gasteiger partial charge in [0.05, 0.1) is 0 Å². The number of hydrogen-bond acceptors (Lipinski definition) is 1. The van der Waals surface area contributed by atoms with Crippen LogP contribution in [-0.2, 0) is 0 Å². The third-order valence-electron chi connectivity index (χ3n) is 3.77. The van der Waals surface area contributed by atoms with E-state index in [1.165, 1.54) is 12.0 Å². The lowest BCUT2D eigenvalue weighted by Gasteiger charge is -2.35. The molecule has 0 radical (unpaired) electrons. The summed E-state index contributed by atoms with van der Waals surface area (Å²) in [4.78, 5) is 14.6. The lowest BCUT2D eigenvalue weighted by Crippen LogP contribution is -2.42. The first kappa shape index (κ1) is 13.1. The van der Waals surface area contributed by atoms with Gasteiger partial charge >= 0.3 is 0 Å². The first-order chi connectivity index (χ1) is 8.47. The molecule has 0 spiro atoms. The second-order valence-corrected chi connectivity index (χ2v) is 5.97. The molecule has 0 aliphatic carbocycles. The molecule has 1 fully saturated rings. The van der Waals surface area contributed by atoms with Gasteiger partial charge in [-0.3, -0.25) is 4.79 Å². The summed E-state index contributed by atoms with van der Waals surface area (Å²) in [6.45, 7) is 10.4. The van der Waals surface area contributed by atoms with Crippen molar-refractivity contribution in [2.24, 2.45) is 11.8 Å². The van der Waals surface area contributed by atoms with E-state index in [1.54, 1.807) is 0 Å². The maximum absolute atomic E-state index is 12.5. The third-order valence-corrected chi connectivity index (χ3v) is 3.77. The van der Waals surface area contributed by atoms with Gasteiger partial charge < -0.3 is 4.90 Å². The van der Waals surface area contributed by atoms with Crippen molar-refractivity contribution in [2.75, 3.05) is 13.1 Å². The summed E-state index contributed by atoms with van der Waals surface area (Å²) in [5.41, 5.74) is 3.16. The fraction of sp³-hybridized carbons (Fsp3) is 0.562. The summed E-state index contributed by atoms with van der Waals surface area (Å²) < 4.78 is 0. The first-order valence-electron chi connectivity index (χ1n) is 6.84. The molecule has 0 N–H and O–H groups in total. The molecular weight excluding hydrogens is 222 g/mol. The summed E-state index contributed by atoms with van der Waals surface area (Å²) in [5, 5.41) is 0. The number of rotatable bonds is 1. The smallest absolute Gasteiger partial charge is 0.254 e. The average molecular weight is 245 g/mol. The van der Waals surface area contributed by atoms with Crippen molar-refractivity contribution >= 4 is 5.91 Å². The van der Waals surface area contributed by atoms with E-state index in [2.05, 4.69) is 26.8 Å². The standard InChI is InChI=1S/C16H23NO/c1-11-5-6-15(14(4)8-11)16(18)17-9-12(2)7-13(3)10-17/h5-6,8,12-13H,7,9-10H2,1-4H3. The molecule has 2 rings (SSSR count). The van der Waals surface area contributed by atoms with Crippen LogP contribution in [0.2, 0.25) is 0 Å². The van der Waals surface area contributed by atoms with Crippen LogP contribution in [0.5, 0.6) is 0 Å². The molecule has 2 atom stereocenters. The van der Waals surface area contributed by atoms with Gasteiger partial charge in [-0.1, -0.05) is 31.5 Å². The van der Waals surface area contributed by atoms with E-state index < -0.39 is 0 Å². The molecule has 0 aromatic heterocycles. The van der Waals surface area contributed by atoms with E-state index >= 15 is 0 Å². The Balaban J connectivity index is 2.20. The van der Waals surface area contributed by atoms with Crippen LogP contribution in [0.15, 0.2) is 18.2 Å². The number of benzene rings is 1. The second-order valence-electron chi connectivity index (χ2n) is 5.97. The normalized spacial score (nSPS) is 24.1. The quantitative estimate of drug-likeness (QED) is 0.742. The molecule has 1 aromatic rings. The van der Waals surface area contributed by atoms with Crippen molar-refractivity contribution in [1.29, 1.82) is 0 Å². The Morgan fingerprint density at radius 1 is 1.17 bits per heavy atom. The number of likely N-dealkylation sites (tertiary alicyclic amines) is 1. The molecule has 1 aromatic carbocycles. The Hall–Kier alpha value is -1.31. The SMILES string of the molecule is Cc1ccc(C(=O)N2CC(C)CC(C)C2)c(C)c1. The molecule has 98 valence electrons. The molecule has 1 aliphatic heterocycles. The Labute approximate surface area is 110 Å². The molecule has 0 bridgehead atoms. The van der Waals surface area contributed by atoms with Crippen molar-refractivity contribution in [3.63, 3.8) is 0 Å². The van der Waals surface area contributed by atoms with Crippen LogP contribution in [0.25, 0.3) is 0 Å². The summed E-state index contributed by atoms with van der Waals surface area (Å²) >= 11 is 0. The number of carbonyl (C=O) groups excluding carboxylic acids is 1. The monoisotopic (exact) mass is 245 g/mol. The van der Waals surface area contributed by atoms with Gasteiger partial charge in [0, 0.05) is 18.7 Å². The molecule has 2 nitrogen and oxygen atoms in total. The number of nitrogens with zero attached hydrogens (tertiary/aromatic N) is 1. The van der Waals surface area contributed by atoms with Crippen molar-refractivity contribution in [2.45, 2.75) is 34.1 Å². The predicted molar refractivity (Wildman–Crippen MR) is 74.8 cm³/mol. The fourth-order valence-corrected chi connectivity index (χ4v) is 3.05. The molecule has 2 unspecified atom stereocenters. The molecule has 1 amide bonds. The molecule has 1 aliphatic rings. The highest BCUT2D eigenvalue weighted by Gasteiger charge is 2.26. The Kier molecular flexibility index (Phi) is 3.74. The minimum atomic E-state index is 0.200. The van der Waals surface area contributed by atoms with Gasteiger partial charge in [0.2, 0.25) is 0 Å². The molecule has 18 heavy (non-hydrogen) atoms. The van der Waals surface area contributed by atoms with Crippen LogP contribution < -0.4 is 0 Å². The lowest BCUT2D eigenvalue weighted by molar-refractivity contribution is 0.0622. The molecule has 2 heteroatoms. The lowest BCUT2D eigenvalue weighted by atomic mass is 9.91. The maximum Gasteiger partial charge on any atom is 0.254 e. The Morgan fingerprint density at radius 3 is 2.33 bits per heavy atom. The van der Waals surface area contributed by atoms with Crippen LogP contribution in [-0.4, -0.2) is 23.9 Å². The van der Waals surface area contributed by atoms with E-state index in [4.69, 9.17) is 0 Å². The zero-order valence-corrected chi connectivity index (χ0v) is 11.9. The fourth-order valence-electron chi connectivity index (χ4n) is 3.05. The zero-order chi connectivity index (χ0) is 13.3. The zero-order valence-electron chi connectivity index (χ0n) is 11.9. The van der Waals surface area contributed by atoms with E-state index in [9.17, 15) is 4.79 Å². The largest absolute Gasteiger partial charge is 0.338 e. The predicted octanol–water partition coefficient (Wildman–Crippen LogP) is 3.42. The van der Waals surface area contributed by atoms with Crippen LogP contribution in [0.4, 0.5) is 0 Å². The van der Waals surface area contributed by atoms with E-state index in [-0.39, 0.29) is 5.91 Å². The highest BCUT2D eigenvalue weighted by molar-refractivity contribution is 5.95. The van der Waals surface area contributed by atoms with Gasteiger partial charge in [0.25, 0.3) is 5.91 Å². The topological polar surface area (TPSA) is 20.3 Å². The van der Waals surface area contributed by atoms with Gasteiger partial charge in [0.15, 0.2) is 0 Å². The first-order valence-corrected chi connectivity index (χ1v) is 6.84. The van der Waals surface area contributed by atoms with Crippen LogP contribution >= 0.6 is 0 Å². The van der Waals surface area contributed by atoms with Gasteiger partial charge in [-0.2, -0.15) is 0 Å². The minimum absolute atomic E-state index is 0.200. The van der Waals surface area contributed by atoms with E-state index in [1.807, 2.05) is 24.0 Å². The highest BCUT2D eigenvalue weighted by atomic mass is 16.2. The van der Waals surface area contributed by atoms with E-state index in [0.717, 1.165) is 24.2 Å². The van der Waals surface area contributed by atoms with Gasteiger partial charge in [0.1, 0.15) is 0 Å². The van der Waals surface area contributed by atoms with Gasteiger partial charge in [-0.15, -0.1) is 0 Å².